The predicted octanol–water partition coefficient (Wildman–Crippen LogP) is 6.20. The number of methoxy groups -OCH3 is 3. The number of ether oxygens (including phenoxy) is 4. The van der Waals surface area contributed by atoms with Crippen molar-refractivity contribution in [1.29, 1.82) is 0 Å². The van der Waals surface area contributed by atoms with Crippen molar-refractivity contribution in [2.75, 3.05) is 26.6 Å². The fourth-order valence-electron chi connectivity index (χ4n) is 6.80. The third-order valence-corrected chi connectivity index (χ3v) is 9.51. The fraction of sp³-hybridized carbons (Fsp3) is 0.400. The summed E-state index contributed by atoms with van der Waals surface area (Å²) in [6.45, 7) is 1.72. The number of aromatic hydroxyl groups is 2. The zero-order chi connectivity index (χ0) is 37.4. The van der Waals surface area contributed by atoms with Gasteiger partial charge in [0.2, 0.25) is 17.6 Å². The Labute approximate surface area is 303 Å². The number of anilines is 1. The van der Waals surface area contributed by atoms with Gasteiger partial charge in [0.25, 0.3) is 0 Å². The Morgan fingerprint density at radius 2 is 1.67 bits per heavy atom. The summed E-state index contributed by atoms with van der Waals surface area (Å²) in [7, 11) is 4.32. The number of phenolic OH excluding ortho intramolecular Hbond substituents is 2. The molecule has 0 fully saturated rings. The smallest absolute Gasteiger partial charge is 0.342 e. The third kappa shape index (κ3) is 8.67. The molecule has 2 aliphatic rings. The summed E-state index contributed by atoms with van der Waals surface area (Å²) in [6, 6.07) is 11.1. The molecule has 3 atom stereocenters. The van der Waals surface area contributed by atoms with E-state index >= 15 is 0 Å². The molecular weight excluding hydrogens is 668 g/mol. The molecule has 2 heterocycles. The van der Waals surface area contributed by atoms with Gasteiger partial charge in [-0.15, -0.1) is 0 Å². The quantitative estimate of drug-likeness (QED) is 0.197. The maximum absolute atomic E-state index is 13.9. The lowest BCUT2D eigenvalue weighted by Crippen LogP contribution is -2.43. The fourth-order valence-corrected chi connectivity index (χ4v) is 6.80. The van der Waals surface area contributed by atoms with Crippen LogP contribution in [0.2, 0.25) is 0 Å². The predicted molar refractivity (Wildman–Crippen MR) is 194 cm³/mol. The first kappa shape index (κ1) is 37.7. The molecule has 0 aliphatic carbocycles. The lowest BCUT2D eigenvalue weighted by Gasteiger charge is -2.25. The van der Waals surface area contributed by atoms with Crippen LogP contribution in [0.3, 0.4) is 0 Å². The Morgan fingerprint density at radius 3 is 2.38 bits per heavy atom. The molecule has 0 aromatic heterocycles. The number of amides is 2. The Kier molecular flexibility index (Phi) is 12.4. The number of aryl methyl sites for hydroxylation is 1. The number of rotatable bonds is 8. The van der Waals surface area contributed by atoms with Crippen LogP contribution >= 0.6 is 0 Å². The van der Waals surface area contributed by atoms with Crippen LogP contribution in [0.4, 0.5) is 5.69 Å². The number of carbonyl (C=O) groups excluding carboxylic acids is 4. The molecule has 276 valence electrons. The van der Waals surface area contributed by atoms with Crippen molar-refractivity contribution in [1.82, 2.24) is 5.32 Å². The molecule has 0 radical (unpaired) electrons. The Hall–Kier alpha value is -5.52. The lowest BCUT2D eigenvalue weighted by atomic mass is 9.84. The van der Waals surface area contributed by atoms with Crippen molar-refractivity contribution in [2.24, 2.45) is 0 Å². The van der Waals surface area contributed by atoms with E-state index in [0.717, 1.165) is 5.56 Å². The van der Waals surface area contributed by atoms with E-state index in [4.69, 9.17) is 18.9 Å². The largest absolute Gasteiger partial charge is 0.507 e. The molecule has 52 heavy (non-hydrogen) atoms. The van der Waals surface area contributed by atoms with Gasteiger partial charge in [-0.2, -0.15) is 0 Å². The topological polar surface area (TPSA) is 170 Å². The number of hydrogen-bond donors (Lipinski definition) is 4. The van der Waals surface area contributed by atoms with Crippen molar-refractivity contribution >= 4 is 35.3 Å². The summed E-state index contributed by atoms with van der Waals surface area (Å²) in [5.74, 6) is -2.81. The first-order valence-corrected chi connectivity index (χ1v) is 17.5. The van der Waals surface area contributed by atoms with Crippen LogP contribution in [0.1, 0.15) is 96.8 Å². The second-order valence-electron chi connectivity index (χ2n) is 13.1. The highest BCUT2D eigenvalue weighted by molar-refractivity contribution is 5.99. The number of esters is 1. The number of hydrogen-bond acceptors (Lipinski definition) is 10. The van der Waals surface area contributed by atoms with Crippen molar-refractivity contribution in [3.63, 3.8) is 0 Å². The van der Waals surface area contributed by atoms with Gasteiger partial charge in [0.1, 0.15) is 28.9 Å². The number of para-hydroxylation sites is 1. The maximum Gasteiger partial charge on any atom is 0.342 e. The van der Waals surface area contributed by atoms with E-state index in [1.165, 1.54) is 27.4 Å². The number of cyclic esters (lactones) is 1. The highest BCUT2D eigenvalue weighted by Crippen LogP contribution is 2.48. The first-order chi connectivity index (χ1) is 25.0. The van der Waals surface area contributed by atoms with Crippen LogP contribution in [0.25, 0.3) is 6.08 Å². The van der Waals surface area contributed by atoms with Gasteiger partial charge in [0.05, 0.1) is 27.4 Å². The summed E-state index contributed by atoms with van der Waals surface area (Å²) >= 11 is 0. The van der Waals surface area contributed by atoms with E-state index in [-0.39, 0.29) is 57.8 Å². The zero-order valence-electron chi connectivity index (χ0n) is 30.0. The van der Waals surface area contributed by atoms with Gasteiger partial charge >= 0.3 is 5.97 Å². The van der Waals surface area contributed by atoms with Gasteiger partial charge in [-0.05, 0) is 86.4 Å². The first-order valence-electron chi connectivity index (χ1n) is 17.5. The summed E-state index contributed by atoms with van der Waals surface area (Å²) in [6.07, 6.45) is 6.31. The normalized spacial score (nSPS) is 19.3. The number of carbonyl (C=O) groups is 4. The van der Waals surface area contributed by atoms with Gasteiger partial charge < -0.3 is 39.8 Å². The van der Waals surface area contributed by atoms with Crippen LogP contribution in [-0.2, 0) is 25.5 Å². The number of nitrogens with one attached hydrogen (secondary N) is 2. The minimum absolute atomic E-state index is 0.106. The lowest BCUT2D eigenvalue weighted by molar-refractivity contribution is -0.126. The minimum atomic E-state index is -1.08. The molecule has 3 aromatic rings. The molecule has 5 rings (SSSR count). The van der Waals surface area contributed by atoms with E-state index in [9.17, 15) is 29.4 Å². The molecule has 0 saturated heterocycles. The molecule has 3 aromatic carbocycles. The summed E-state index contributed by atoms with van der Waals surface area (Å²) in [5.41, 5.74) is 1.94. The molecule has 0 spiro atoms. The van der Waals surface area contributed by atoms with Crippen molar-refractivity contribution in [3.8, 4) is 28.7 Å². The van der Waals surface area contributed by atoms with Gasteiger partial charge in [0.15, 0.2) is 11.5 Å². The average molecular weight is 715 g/mol. The van der Waals surface area contributed by atoms with Gasteiger partial charge in [0, 0.05) is 36.4 Å². The summed E-state index contributed by atoms with van der Waals surface area (Å²) in [5, 5.41) is 29.3. The number of ketones is 1. The Morgan fingerprint density at radius 1 is 0.962 bits per heavy atom. The van der Waals surface area contributed by atoms with E-state index in [2.05, 4.69) is 10.6 Å². The SMILES string of the molecule is COc1cc(C(CC(=O)NC2CCc3ccccc3NC2=O)c2c(O)cc3c(c2O)C(=O)O[C@@H](C)CCCC(=O)CCC/C=C/3)cc(OC)c1OC. The molecule has 12 heteroatoms. The van der Waals surface area contributed by atoms with E-state index < -0.39 is 35.7 Å². The summed E-state index contributed by atoms with van der Waals surface area (Å²) in [4.78, 5) is 53.1. The van der Waals surface area contributed by atoms with Crippen molar-refractivity contribution < 1.29 is 48.3 Å². The number of benzene rings is 3. The second kappa shape index (κ2) is 17.1. The standard InChI is InChI=1S/C40H46N2O10/c1-23-11-10-15-27(43)14-7-5-6-13-25-19-31(44)36(37(46)35(25)40(48)52-23)28(26-20-32(49-2)38(51-4)33(21-26)50-3)22-34(45)41-30-18-17-24-12-8-9-16-29(24)42-39(30)47/h6,8-9,12-13,16,19-21,23,28,30,44,46H,5,7,10-11,14-15,17-18,22H2,1-4H3,(H,41,45)(H,42,47)/b13-6+/t23-,28?,30?/m0/s1. The Balaban J connectivity index is 1.58. The van der Waals surface area contributed by atoms with Crippen LogP contribution in [0, 0.1) is 0 Å². The molecule has 12 nitrogen and oxygen atoms in total. The molecule has 0 bridgehead atoms. The number of phenols is 2. The molecule has 4 N–H and O–H groups in total. The number of Topliss-reactive ketones (excluding diaryl/α,β-unsaturated/α-hetero) is 1. The molecule has 2 amide bonds. The van der Waals surface area contributed by atoms with Gasteiger partial charge in [-0.1, -0.05) is 30.4 Å². The van der Waals surface area contributed by atoms with Crippen molar-refractivity contribution in [3.05, 3.63) is 76.4 Å². The van der Waals surface area contributed by atoms with Crippen LogP contribution in [-0.4, -0.2) is 67.3 Å². The maximum atomic E-state index is 13.9. The minimum Gasteiger partial charge on any atom is -0.507 e. The van der Waals surface area contributed by atoms with E-state index in [1.807, 2.05) is 24.3 Å². The third-order valence-electron chi connectivity index (χ3n) is 9.51. The molecular formula is C40H46N2O10. The van der Waals surface area contributed by atoms with Gasteiger partial charge in [-0.25, -0.2) is 4.79 Å². The van der Waals surface area contributed by atoms with Crippen LogP contribution in [0.15, 0.2) is 48.5 Å². The molecule has 0 saturated carbocycles. The highest BCUT2D eigenvalue weighted by Gasteiger charge is 2.33. The Bertz CT molecular complexity index is 1830. The van der Waals surface area contributed by atoms with E-state index in [1.54, 1.807) is 31.2 Å². The van der Waals surface area contributed by atoms with E-state index in [0.29, 0.717) is 62.6 Å². The van der Waals surface area contributed by atoms with Crippen molar-refractivity contribution in [2.45, 2.75) is 82.8 Å². The monoisotopic (exact) mass is 714 g/mol. The summed E-state index contributed by atoms with van der Waals surface area (Å²) < 4.78 is 22.4. The molecule has 2 aliphatic heterocycles. The number of fused-ring (bicyclic) bond motifs is 2. The molecule has 2 unspecified atom stereocenters. The number of allylic oxidation sites excluding steroid dienone is 1. The zero-order valence-corrected chi connectivity index (χ0v) is 30.0. The second-order valence-corrected chi connectivity index (χ2v) is 13.1. The highest BCUT2D eigenvalue weighted by atomic mass is 16.5. The van der Waals surface area contributed by atoms with Crippen LogP contribution < -0.4 is 24.8 Å². The average Bonchev–Trinajstić information content (AvgIpc) is 3.27. The van der Waals surface area contributed by atoms with Crippen LogP contribution in [0.5, 0.6) is 28.7 Å². The van der Waals surface area contributed by atoms with Gasteiger partial charge in [-0.3, -0.25) is 14.4 Å².